The van der Waals surface area contributed by atoms with Crippen molar-refractivity contribution in [3.05, 3.63) is 35.9 Å². The van der Waals surface area contributed by atoms with Crippen molar-refractivity contribution in [3.63, 3.8) is 0 Å². The average molecular weight is 353 g/mol. The molecule has 3 rings (SSSR count). The summed E-state index contributed by atoms with van der Waals surface area (Å²) < 4.78 is 24.8. The van der Waals surface area contributed by atoms with Gasteiger partial charge in [0, 0.05) is 25.7 Å². The molecular weight excluding hydrogens is 324 g/mol. The lowest BCUT2D eigenvalue weighted by molar-refractivity contribution is -0.00527. The molecule has 0 aromatic heterocycles. The third kappa shape index (κ3) is 4.36. The highest BCUT2D eigenvalue weighted by Gasteiger charge is 2.34. The van der Waals surface area contributed by atoms with Crippen molar-refractivity contribution in [1.82, 2.24) is 9.21 Å². The van der Waals surface area contributed by atoms with Gasteiger partial charge in [-0.05, 0) is 43.7 Å². The van der Waals surface area contributed by atoms with E-state index in [1.165, 1.54) is 11.8 Å². The fraction of sp³-hybridized carbons (Fsp3) is 0.667. The number of nitrogens with zero attached hydrogens (tertiary/aromatic N) is 2. The van der Waals surface area contributed by atoms with Crippen LogP contribution in [0.15, 0.2) is 30.3 Å². The molecular formula is C18H28N2O3S. The van der Waals surface area contributed by atoms with Gasteiger partial charge in [0.05, 0.1) is 12.4 Å². The first kappa shape index (κ1) is 17.9. The summed E-state index contributed by atoms with van der Waals surface area (Å²) in [7, 11) is -3.07. The second-order valence-corrected chi connectivity index (χ2v) is 9.18. The normalized spacial score (nSPS) is 28.1. The van der Waals surface area contributed by atoms with Gasteiger partial charge in [-0.25, -0.2) is 12.7 Å². The van der Waals surface area contributed by atoms with E-state index in [1.807, 2.05) is 18.2 Å². The smallest absolute Gasteiger partial charge is 0.211 e. The van der Waals surface area contributed by atoms with Gasteiger partial charge >= 0.3 is 0 Å². The van der Waals surface area contributed by atoms with Crippen molar-refractivity contribution >= 4 is 10.0 Å². The number of hydrogen-bond acceptors (Lipinski definition) is 4. The molecule has 0 amide bonds. The minimum absolute atomic E-state index is 0.299. The summed E-state index contributed by atoms with van der Waals surface area (Å²) in [6.07, 6.45) is 4.65. The summed E-state index contributed by atoms with van der Waals surface area (Å²) >= 11 is 0. The van der Waals surface area contributed by atoms with Gasteiger partial charge in [0.15, 0.2) is 0 Å². The molecule has 1 aromatic rings. The second kappa shape index (κ2) is 7.52. The van der Waals surface area contributed by atoms with Gasteiger partial charge in [-0.3, -0.25) is 4.90 Å². The van der Waals surface area contributed by atoms with E-state index >= 15 is 0 Å². The van der Waals surface area contributed by atoms with Crippen molar-refractivity contribution in [2.24, 2.45) is 5.92 Å². The largest absolute Gasteiger partial charge is 0.391 e. The van der Waals surface area contributed by atoms with Crippen LogP contribution in [0.5, 0.6) is 0 Å². The van der Waals surface area contributed by atoms with Crippen molar-refractivity contribution in [2.75, 3.05) is 32.4 Å². The third-order valence-electron chi connectivity index (χ3n) is 5.50. The zero-order valence-electron chi connectivity index (χ0n) is 14.3. The summed E-state index contributed by atoms with van der Waals surface area (Å²) in [6.45, 7) is 2.91. The van der Waals surface area contributed by atoms with Crippen LogP contribution < -0.4 is 0 Å². The molecule has 1 aromatic carbocycles. The van der Waals surface area contributed by atoms with Gasteiger partial charge < -0.3 is 5.11 Å². The molecule has 6 heteroatoms. The number of aliphatic hydroxyl groups excluding tert-OH is 1. The van der Waals surface area contributed by atoms with Crippen LogP contribution in [0.3, 0.4) is 0 Å². The number of β-amino-alcohol motifs (C(OH)–C–C–N with tert-alkyl or cyclic N) is 1. The van der Waals surface area contributed by atoms with E-state index in [0.717, 1.165) is 32.2 Å². The summed E-state index contributed by atoms with van der Waals surface area (Å²) in [5.74, 6) is 0.319. The van der Waals surface area contributed by atoms with Crippen LogP contribution in [-0.4, -0.2) is 67.3 Å². The maximum atomic E-state index is 11.6. The van der Waals surface area contributed by atoms with Crippen LogP contribution in [0.2, 0.25) is 0 Å². The fourth-order valence-electron chi connectivity index (χ4n) is 4.03. The second-order valence-electron chi connectivity index (χ2n) is 7.19. The van der Waals surface area contributed by atoms with E-state index < -0.39 is 10.0 Å². The highest BCUT2D eigenvalue weighted by Crippen LogP contribution is 2.27. The standard InChI is InChI=1S/C18H28N2O3S/c1-24(22,23)20-11-8-17(9-12-20)19-10-7-16(18(21)14-19)13-15-5-3-2-4-6-15/h2-6,16-18,21H,7-14H2,1H3/t16-,18+/m1/s1. The Kier molecular flexibility index (Phi) is 5.59. The highest BCUT2D eigenvalue weighted by atomic mass is 32.2. The predicted molar refractivity (Wildman–Crippen MR) is 95.3 cm³/mol. The topological polar surface area (TPSA) is 60.9 Å². The van der Waals surface area contributed by atoms with Crippen molar-refractivity contribution in [1.29, 1.82) is 0 Å². The maximum Gasteiger partial charge on any atom is 0.211 e. The lowest BCUT2D eigenvalue weighted by Crippen LogP contribution is -2.52. The maximum absolute atomic E-state index is 11.6. The lowest BCUT2D eigenvalue weighted by atomic mass is 9.86. The first-order valence-corrected chi connectivity index (χ1v) is 10.7. The molecule has 2 aliphatic rings. The minimum Gasteiger partial charge on any atom is -0.391 e. The number of sulfonamides is 1. The number of rotatable bonds is 4. The summed E-state index contributed by atoms with van der Waals surface area (Å²) in [5.41, 5.74) is 1.29. The molecule has 2 heterocycles. The molecule has 0 bridgehead atoms. The van der Waals surface area contributed by atoms with Crippen LogP contribution in [0, 0.1) is 5.92 Å². The van der Waals surface area contributed by atoms with Crippen molar-refractivity contribution < 1.29 is 13.5 Å². The zero-order valence-corrected chi connectivity index (χ0v) is 15.2. The van der Waals surface area contributed by atoms with E-state index in [0.29, 0.717) is 31.6 Å². The van der Waals surface area contributed by atoms with E-state index in [9.17, 15) is 13.5 Å². The Bertz CT molecular complexity index is 627. The van der Waals surface area contributed by atoms with Gasteiger partial charge in [-0.15, -0.1) is 0 Å². The number of benzene rings is 1. The molecule has 134 valence electrons. The Hall–Kier alpha value is -0.950. The molecule has 2 aliphatic heterocycles. The van der Waals surface area contributed by atoms with E-state index in [-0.39, 0.29) is 6.10 Å². The van der Waals surface area contributed by atoms with Crippen LogP contribution in [0.1, 0.15) is 24.8 Å². The molecule has 2 fully saturated rings. The number of piperidine rings is 2. The average Bonchev–Trinajstić information content (AvgIpc) is 2.57. The first-order valence-electron chi connectivity index (χ1n) is 8.84. The van der Waals surface area contributed by atoms with Gasteiger partial charge in [-0.2, -0.15) is 0 Å². The van der Waals surface area contributed by atoms with Gasteiger partial charge in [0.25, 0.3) is 0 Å². The van der Waals surface area contributed by atoms with Gasteiger partial charge in [-0.1, -0.05) is 30.3 Å². The molecule has 0 aliphatic carbocycles. The molecule has 0 unspecified atom stereocenters. The Balaban J connectivity index is 1.51. The Morgan fingerprint density at radius 1 is 1.08 bits per heavy atom. The molecule has 0 saturated carbocycles. The molecule has 24 heavy (non-hydrogen) atoms. The zero-order chi connectivity index (χ0) is 17.2. The Morgan fingerprint density at radius 3 is 2.33 bits per heavy atom. The summed E-state index contributed by atoms with van der Waals surface area (Å²) in [6, 6.07) is 10.8. The first-order chi connectivity index (χ1) is 11.4. The van der Waals surface area contributed by atoms with Crippen molar-refractivity contribution in [2.45, 2.75) is 37.8 Å². The monoisotopic (exact) mass is 352 g/mol. The van der Waals surface area contributed by atoms with Crippen LogP contribution >= 0.6 is 0 Å². The molecule has 0 spiro atoms. The number of likely N-dealkylation sites (tertiary alicyclic amines) is 1. The molecule has 0 radical (unpaired) electrons. The number of aliphatic hydroxyl groups is 1. The lowest BCUT2D eigenvalue weighted by Gasteiger charge is -2.43. The van der Waals surface area contributed by atoms with Crippen molar-refractivity contribution in [3.8, 4) is 0 Å². The highest BCUT2D eigenvalue weighted by molar-refractivity contribution is 7.88. The quantitative estimate of drug-likeness (QED) is 0.888. The minimum atomic E-state index is -3.07. The fourth-order valence-corrected chi connectivity index (χ4v) is 4.90. The van der Waals surface area contributed by atoms with Crippen LogP contribution in [-0.2, 0) is 16.4 Å². The van der Waals surface area contributed by atoms with Gasteiger partial charge in [0.2, 0.25) is 10.0 Å². The molecule has 5 nitrogen and oxygen atoms in total. The SMILES string of the molecule is CS(=O)(=O)N1CCC(N2CC[C@H](Cc3ccccc3)[C@@H](O)C2)CC1. The molecule has 2 atom stereocenters. The van der Waals surface area contributed by atoms with Gasteiger partial charge in [0.1, 0.15) is 0 Å². The van der Waals surface area contributed by atoms with Crippen LogP contribution in [0.4, 0.5) is 0 Å². The Morgan fingerprint density at radius 2 is 1.75 bits per heavy atom. The van der Waals surface area contributed by atoms with E-state index in [2.05, 4.69) is 17.0 Å². The summed E-state index contributed by atoms with van der Waals surface area (Å²) in [4.78, 5) is 2.37. The third-order valence-corrected chi connectivity index (χ3v) is 6.81. The predicted octanol–water partition coefficient (Wildman–Crippen LogP) is 1.34. The molecule has 1 N–H and O–H groups in total. The van der Waals surface area contributed by atoms with E-state index in [4.69, 9.17) is 0 Å². The van der Waals surface area contributed by atoms with Crippen LogP contribution in [0.25, 0.3) is 0 Å². The Labute approximate surface area is 145 Å². The molecule has 2 saturated heterocycles. The summed E-state index contributed by atoms with van der Waals surface area (Å²) in [5, 5.41) is 10.6. The van der Waals surface area contributed by atoms with E-state index in [1.54, 1.807) is 4.31 Å². The number of hydrogen-bond donors (Lipinski definition) is 1.